The normalized spacial score (nSPS) is 11.5. The number of likely N-dealkylation sites (N-methyl/N-ethyl adjacent to an activating group) is 1. The molecule has 0 fully saturated rings. The largest absolute Gasteiger partial charge is 0.355 e. The molecule has 2 aromatic carbocycles. The van der Waals surface area contributed by atoms with E-state index in [1.54, 1.807) is 44.1 Å². The highest BCUT2D eigenvalue weighted by atomic mass is 35.5. The Labute approximate surface area is 152 Å². The van der Waals surface area contributed by atoms with Crippen molar-refractivity contribution in [3.05, 3.63) is 64.4 Å². The molecular weight excluding hydrogens is 341 g/mol. The lowest BCUT2D eigenvalue weighted by atomic mass is 10.1. The number of rotatable bonds is 5. The predicted octanol–water partition coefficient (Wildman–Crippen LogP) is 3.83. The van der Waals surface area contributed by atoms with Gasteiger partial charge in [0.15, 0.2) is 0 Å². The fraction of sp³-hybridized carbons (Fsp3) is 0.263. The minimum atomic E-state index is -0.617. The molecule has 0 saturated carbocycles. The summed E-state index contributed by atoms with van der Waals surface area (Å²) in [7, 11) is 3.34. The van der Waals surface area contributed by atoms with Gasteiger partial charge >= 0.3 is 0 Å². The number of nitriles is 1. The molecule has 0 aliphatic carbocycles. The van der Waals surface area contributed by atoms with Gasteiger partial charge < -0.3 is 9.80 Å². The molecule has 0 heterocycles. The van der Waals surface area contributed by atoms with Crippen molar-refractivity contribution in [1.29, 1.82) is 5.26 Å². The van der Waals surface area contributed by atoms with Gasteiger partial charge in [-0.25, -0.2) is 4.39 Å². The minimum absolute atomic E-state index is 0.0342. The Morgan fingerprint density at radius 3 is 2.52 bits per heavy atom. The quantitative estimate of drug-likeness (QED) is 0.815. The molecule has 0 bridgehead atoms. The second-order valence-corrected chi connectivity index (χ2v) is 6.31. The Morgan fingerprint density at radius 1 is 1.28 bits per heavy atom. The van der Waals surface area contributed by atoms with Gasteiger partial charge in [0.2, 0.25) is 5.91 Å². The number of amides is 1. The van der Waals surface area contributed by atoms with E-state index in [-0.39, 0.29) is 11.5 Å². The zero-order valence-electron chi connectivity index (χ0n) is 14.3. The van der Waals surface area contributed by atoms with Crippen LogP contribution >= 0.6 is 11.6 Å². The van der Waals surface area contributed by atoms with Gasteiger partial charge in [0.1, 0.15) is 17.9 Å². The van der Waals surface area contributed by atoms with Crippen LogP contribution in [0.5, 0.6) is 0 Å². The lowest BCUT2D eigenvalue weighted by Crippen LogP contribution is -2.44. The molecule has 0 radical (unpaired) electrons. The van der Waals surface area contributed by atoms with Crippen LogP contribution in [0.25, 0.3) is 0 Å². The third kappa shape index (κ3) is 4.28. The maximum absolute atomic E-state index is 14.1. The summed E-state index contributed by atoms with van der Waals surface area (Å²) in [5, 5.41) is 9.48. The third-order valence-electron chi connectivity index (χ3n) is 3.97. The van der Waals surface area contributed by atoms with Crippen LogP contribution in [0.2, 0.25) is 5.02 Å². The van der Waals surface area contributed by atoms with Crippen molar-refractivity contribution >= 4 is 23.2 Å². The van der Waals surface area contributed by atoms with Gasteiger partial charge in [0.25, 0.3) is 0 Å². The molecule has 25 heavy (non-hydrogen) atoms. The van der Waals surface area contributed by atoms with Gasteiger partial charge in [0, 0.05) is 31.4 Å². The number of hydrogen-bond donors (Lipinski definition) is 0. The number of hydrogen-bond acceptors (Lipinski definition) is 3. The van der Waals surface area contributed by atoms with Crippen LogP contribution in [-0.4, -0.2) is 30.9 Å². The van der Waals surface area contributed by atoms with Crippen molar-refractivity contribution in [3.8, 4) is 6.07 Å². The molecule has 0 aliphatic rings. The number of halogens is 2. The summed E-state index contributed by atoms with van der Waals surface area (Å²) >= 11 is 6.24. The van der Waals surface area contributed by atoms with Crippen molar-refractivity contribution in [2.45, 2.75) is 19.5 Å². The number of benzene rings is 2. The fourth-order valence-electron chi connectivity index (χ4n) is 2.54. The molecule has 2 aromatic rings. The van der Waals surface area contributed by atoms with Gasteiger partial charge in [-0.3, -0.25) is 4.79 Å². The summed E-state index contributed by atoms with van der Waals surface area (Å²) in [6, 6.07) is 12.9. The number of carbonyl (C=O) groups is 1. The highest BCUT2D eigenvalue weighted by Gasteiger charge is 2.24. The first-order valence-corrected chi connectivity index (χ1v) is 8.13. The van der Waals surface area contributed by atoms with E-state index in [4.69, 9.17) is 16.9 Å². The Bertz CT molecular complexity index is 817. The molecular formula is C19H19ClFN3O. The average Bonchev–Trinajstić information content (AvgIpc) is 2.59. The molecule has 130 valence electrons. The van der Waals surface area contributed by atoms with Crippen molar-refractivity contribution in [3.63, 3.8) is 0 Å². The van der Waals surface area contributed by atoms with Crippen LogP contribution in [0.15, 0.2) is 42.5 Å². The summed E-state index contributed by atoms with van der Waals surface area (Å²) in [6.45, 7) is 2.10. The second-order valence-electron chi connectivity index (χ2n) is 5.90. The third-order valence-corrected chi connectivity index (χ3v) is 4.34. The minimum Gasteiger partial charge on any atom is -0.355 e. The van der Waals surface area contributed by atoms with Gasteiger partial charge in [-0.15, -0.1) is 0 Å². The smallest absolute Gasteiger partial charge is 0.244 e. The summed E-state index contributed by atoms with van der Waals surface area (Å²) in [4.78, 5) is 15.7. The lowest BCUT2D eigenvalue weighted by molar-refractivity contribution is -0.129. The first kappa shape index (κ1) is 18.8. The van der Waals surface area contributed by atoms with Crippen LogP contribution in [0.1, 0.15) is 18.1 Å². The van der Waals surface area contributed by atoms with Crippen molar-refractivity contribution in [2.75, 3.05) is 19.0 Å². The van der Waals surface area contributed by atoms with E-state index in [0.29, 0.717) is 17.3 Å². The van der Waals surface area contributed by atoms with E-state index in [1.165, 1.54) is 17.0 Å². The van der Waals surface area contributed by atoms with Crippen LogP contribution in [0.4, 0.5) is 10.1 Å². The maximum atomic E-state index is 14.1. The fourth-order valence-corrected chi connectivity index (χ4v) is 2.74. The molecule has 0 spiro atoms. The van der Waals surface area contributed by atoms with E-state index >= 15 is 0 Å². The van der Waals surface area contributed by atoms with Crippen molar-refractivity contribution < 1.29 is 9.18 Å². The Hall–Kier alpha value is -2.58. The zero-order chi connectivity index (χ0) is 18.6. The average molecular weight is 360 g/mol. The van der Waals surface area contributed by atoms with E-state index in [0.717, 1.165) is 5.56 Å². The predicted molar refractivity (Wildman–Crippen MR) is 96.9 cm³/mol. The Balaban J connectivity index is 2.45. The first-order valence-electron chi connectivity index (χ1n) is 7.76. The molecule has 1 unspecified atom stereocenters. The summed E-state index contributed by atoms with van der Waals surface area (Å²) in [5.74, 6) is -0.731. The van der Waals surface area contributed by atoms with Crippen LogP contribution in [0, 0.1) is 17.1 Å². The highest BCUT2D eigenvalue weighted by molar-refractivity contribution is 6.31. The molecule has 0 aromatic heterocycles. The van der Waals surface area contributed by atoms with E-state index < -0.39 is 11.9 Å². The second kappa shape index (κ2) is 8.00. The van der Waals surface area contributed by atoms with E-state index in [9.17, 15) is 9.18 Å². The summed E-state index contributed by atoms with van der Waals surface area (Å²) < 4.78 is 14.1. The zero-order valence-corrected chi connectivity index (χ0v) is 15.1. The maximum Gasteiger partial charge on any atom is 0.244 e. The summed E-state index contributed by atoms with van der Waals surface area (Å²) in [5.41, 5.74) is 1.31. The standard InChI is InChI=1S/C19H19ClFN3O/c1-13(19(25)23(2)3)24(12-15-6-4-5-7-17(15)20)16-9-8-14(11-22)18(21)10-16/h4-10,13H,12H2,1-3H3. The number of nitrogens with zero attached hydrogens (tertiary/aromatic N) is 3. The van der Waals surface area contributed by atoms with Crippen LogP contribution in [-0.2, 0) is 11.3 Å². The number of anilines is 1. The molecule has 4 nitrogen and oxygen atoms in total. The van der Waals surface area contributed by atoms with Gasteiger partial charge in [0.05, 0.1) is 5.56 Å². The SMILES string of the molecule is CC(C(=O)N(C)C)N(Cc1ccccc1Cl)c1ccc(C#N)c(F)c1. The molecule has 0 N–H and O–H groups in total. The monoisotopic (exact) mass is 359 g/mol. The van der Waals surface area contributed by atoms with Crippen molar-refractivity contribution in [2.24, 2.45) is 0 Å². The number of carbonyl (C=O) groups excluding carboxylic acids is 1. The Morgan fingerprint density at radius 2 is 1.96 bits per heavy atom. The molecule has 6 heteroatoms. The van der Waals surface area contributed by atoms with Gasteiger partial charge in [-0.2, -0.15) is 5.26 Å². The Kier molecular flexibility index (Phi) is 6.00. The van der Waals surface area contributed by atoms with Crippen LogP contribution < -0.4 is 4.90 Å². The molecule has 0 saturated heterocycles. The topological polar surface area (TPSA) is 47.3 Å². The summed E-state index contributed by atoms with van der Waals surface area (Å²) in [6.07, 6.45) is 0. The first-order chi connectivity index (χ1) is 11.8. The van der Waals surface area contributed by atoms with E-state index in [1.807, 2.05) is 18.2 Å². The van der Waals surface area contributed by atoms with Crippen LogP contribution in [0.3, 0.4) is 0 Å². The van der Waals surface area contributed by atoms with Crippen molar-refractivity contribution in [1.82, 2.24) is 4.90 Å². The molecule has 0 aliphatic heterocycles. The molecule has 2 rings (SSSR count). The van der Waals surface area contributed by atoms with Gasteiger partial charge in [-0.1, -0.05) is 29.8 Å². The lowest BCUT2D eigenvalue weighted by Gasteiger charge is -2.32. The molecule has 1 amide bonds. The van der Waals surface area contributed by atoms with E-state index in [2.05, 4.69) is 0 Å². The van der Waals surface area contributed by atoms with Gasteiger partial charge in [-0.05, 0) is 36.8 Å². The highest BCUT2D eigenvalue weighted by Crippen LogP contribution is 2.26. The molecule has 1 atom stereocenters.